The number of nitrogens with zero attached hydrogens (tertiary/aromatic N) is 3. The quantitative estimate of drug-likeness (QED) is 0.545. The lowest BCUT2D eigenvalue weighted by molar-refractivity contribution is -0.576. The van der Waals surface area contributed by atoms with Gasteiger partial charge in [-0.3, -0.25) is 0 Å². The van der Waals surface area contributed by atoms with Crippen LogP contribution in [0.1, 0.15) is 0 Å². The molecule has 0 saturated carbocycles. The molecule has 0 aliphatic heterocycles. The van der Waals surface area contributed by atoms with Crippen molar-refractivity contribution in [1.82, 2.24) is 4.98 Å². The minimum absolute atomic E-state index is 0.480. The van der Waals surface area contributed by atoms with Gasteiger partial charge in [0.05, 0.1) is 0 Å². The van der Waals surface area contributed by atoms with Gasteiger partial charge in [-0.05, 0) is 12.1 Å². The van der Waals surface area contributed by atoms with Crippen LogP contribution in [0.15, 0.2) is 24.4 Å². The summed E-state index contributed by atoms with van der Waals surface area (Å²) in [5.41, 5.74) is 1.12. The van der Waals surface area contributed by atoms with Crippen LogP contribution in [0.5, 0.6) is 0 Å². The van der Waals surface area contributed by atoms with Crippen molar-refractivity contribution in [1.29, 1.82) is 0 Å². The first kappa shape index (κ1) is 9.98. The van der Waals surface area contributed by atoms with Crippen LogP contribution in [0.2, 0.25) is 5.02 Å². The van der Waals surface area contributed by atoms with E-state index in [0.717, 1.165) is 4.73 Å². The third kappa shape index (κ3) is 1.80. The molecule has 1 heterocycles. The molecule has 4 nitrogen and oxygen atoms in total. The number of hydrogen-bond acceptors (Lipinski definition) is 3. The lowest BCUT2D eigenvalue weighted by Crippen LogP contribution is -2.29. The SMILES string of the molecule is CN(C)c1c[n+]([O-])c2cc(Cl)ccc2n1. The lowest BCUT2D eigenvalue weighted by atomic mass is 10.3. The van der Waals surface area contributed by atoms with E-state index in [1.54, 1.807) is 23.1 Å². The van der Waals surface area contributed by atoms with Gasteiger partial charge in [0.15, 0.2) is 5.82 Å². The fourth-order valence-corrected chi connectivity index (χ4v) is 1.48. The van der Waals surface area contributed by atoms with Gasteiger partial charge in [-0.1, -0.05) is 11.6 Å². The second kappa shape index (κ2) is 3.55. The molecule has 0 N–H and O–H groups in total. The highest BCUT2D eigenvalue weighted by Crippen LogP contribution is 2.16. The van der Waals surface area contributed by atoms with Crippen molar-refractivity contribution in [2.75, 3.05) is 19.0 Å². The topological polar surface area (TPSA) is 43.1 Å². The summed E-state index contributed by atoms with van der Waals surface area (Å²) in [5, 5.41) is 12.2. The highest BCUT2D eigenvalue weighted by Gasteiger charge is 2.10. The number of anilines is 1. The van der Waals surface area contributed by atoms with Crippen molar-refractivity contribution < 1.29 is 4.73 Å². The third-order valence-electron chi connectivity index (χ3n) is 2.10. The summed E-state index contributed by atoms with van der Waals surface area (Å²) in [6, 6.07) is 5.06. The van der Waals surface area contributed by atoms with Crippen LogP contribution in [-0.2, 0) is 0 Å². The number of halogens is 1. The smallest absolute Gasteiger partial charge is 0.244 e. The van der Waals surface area contributed by atoms with Crippen LogP contribution in [-0.4, -0.2) is 19.1 Å². The molecule has 2 rings (SSSR count). The molecule has 5 heteroatoms. The fourth-order valence-electron chi connectivity index (χ4n) is 1.31. The Labute approximate surface area is 92.3 Å². The minimum atomic E-state index is 0.480. The highest BCUT2D eigenvalue weighted by atomic mass is 35.5. The summed E-state index contributed by atoms with van der Waals surface area (Å²) in [5.74, 6) is 0.625. The average Bonchev–Trinajstić information content (AvgIpc) is 2.18. The predicted molar refractivity (Wildman–Crippen MR) is 60.0 cm³/mol. The highest BCUT2D eigenvalue weighted by molar-refractivity contribution is 6.31. The zero-order valence-corrected chi connectivity index (χ0v) is 9.19. The van der Waals surface area contributed by atoms with E-state index in [1.165, 1.54) is 6.20 Å². The Balaban J connectivity index is 2.73. The van der Waals surface area contributed by atoms with Crippen LogP contribution in [0.3, 0.4) is 0 Å². The van der Waals surface area contributed by atoms with E-state index in [4.69, 9.17) is 11.6 Å². The Morgan fingerprint density at radius 3 is 2.80 bits per heavy atom. The molecule has 15 heavy (non-hydrogen) atoms. The second-order valence-electron chi connectivity index (χ2n) is 3.45. The second-order valence-corrected chi connectivity index (χ2v) is 3.89. The first-order valence-corrected chi connectivity index (χ1v) is 4.82. The maximum absolute atomic E-state index is 11.6. The van der Waals surface area contributed by atoms with Crippen molar-refractivity contribution >= 4 is 28.5 Å². The molecular weight excluding hydrogens is 214 g/mol. The van der Waals surface area contributed by atoms with Gasteiger partial charge >= 0.3 is 0 Å². The van der Waals surface area contributed by atoms with Crippen molar-refractivity contribution in [2.45, 2.75) is 0 Å². The summed E-state index contributed by atoms with van der Waals surface area (Å²) in [6.07, 6.45) is 1.43. The molecule has 0 atom stereocenters. The largest absolute Gasteiger partial charge is 0.618 e. The standard InChI is InChI=1S/C10H10ClN3O/c1-13(2)10-6-14(15)9-5-7(11)3-4-8(9)12-10/h3-6H,1-2H3. The number of hydrogen-bond donors (Lipinski definition) is 0. The molecule has 0 amide bonds. The van der Waals surface area contributed by atoms with E-state index in [-0.39, 0.29) is 0 Å². The maximum Gasteiger partial charge on any atom is 0.244 e. The monoisotopic (exact) mass is 223 g/mol. The molecule has 1 aromatic carbocycles. The maximum atomic E-state index is 11.6. The molecule has 0 aliphatic carbocycles. The van der Waals surface area contributed by atoms with Crippen molar-refractivity contribution in [3.8, 4) is 0 Å². The molecule has 0 unspecified atom stereocenters. The molecule has 1 aromatic heterocycles. The van der Waals surface area contributed by atoms with Gasteiger partial charge in [0, 0.05) is 25.2 Å². The van der Waals surface area contributed by atoms with E-state index >= 15 is 0 Å². The Morgan fingerprint density at radius 1 is 1.40 bits per heavy atom. The van der Waals surface area contributed by atoms with Crippen LogP contribution in [0, 0.1) is 5.21 Å². The van der Waals surface area contributed by atoms with Gasteiger partial charge in [-0.2, -0.15) is 4.73 Å². The third-order valence-corrected chi connectivity index (χ3v) is 2.34. The van der Waals surface area contributed by atoms with E-state index in [9.17, 15) is 5.21 Å². The van der Waals surface area contributed by atoms with E-state index in [2.05, 4.69) is 4.98 Å². The van der Waals surface area contributed by atoms with Gasteiger partial charge in [-0.25, -0.2) is 4.98 Å². The van der Waals surface area contributed by atoms with Crippen molar-refractivity contribution in [3.05, 3.63) is 34.6 Å². The molecule has 0 bridgehead atoms. The van der Waals surface area contributed by atoms with Gasteiger partial charge < -0.3 is 10.1 Å². The molecule has 2 aromatic rings. The Hall–Kier alpha value is -1.55. The number of benzene rings is 1. The molecule has 0 aliphatic rings. The van der Waals surface area contributed by atoms with Crippen LogP contribution in [0.4, 0.5) is 5.82 Å². The average molecular weight is 224 g/mol. The van der Waals surface area contributed by atoms with Gasteiger partial charge in [0.25, 0.3) is 0 Å². The zero-order valence-electron chi connectivity index (χ0n) is 8.44. The minimum Gasteiger partial charge on any atom is -0.618 e. The van der Waals surface area contributed by atoms with Crippen molar-refractivity contribution in [2.24, 2.45) is 0 Å². The number of rotatable bonds is 1. The fraction of sp³-hybridized carbons (Fsp3) is 0.200. The van der Waals surface area contributed by atoms with Gasteiger partial charge in [0.2, 0.25) is 11.7 Å². The molecule has 0 fully saturated rings. The Morgan fingerprint density at radius 2 is 2.13 bits per heavy atom. The van der Waals surface area contributed by atoms with Crippen LogP contribution < -0.4 is 9.63 Å². The van der Waals surface area contributed by atoms with E-state index < -0.39 is 0 Å². The van der Waals surface area contributed by atoms with Crippen LogP contribution >= 0.6 is 11.6 Å². The molecule has 0 saturated heterocycles. The molecule has 78 valence electrons. The zero-order chi connectivity index (χ0) is 11.0. The van der Waals surface area contributed by atoms with Crippen LogP contribution in [0.25, 0.3) is 11.0 Å². The van der Waals surface area contributed by atoms with E-state index in [0.29, 0.717) is 21.9 Å². The normalized spacial score (nSPS) is 10.6. The molecular formula is C10H10ClN3O. The number of fused-ring (bicyclic) bond motifs is 1. The Bertz CT molecular complexity index is 513. The van der Waals surface area contributed by atoms with Gasteiger partial charge in [0.1, 0.15) is 5.52 Å². The first-order valence-electron chi connectivity index (χ1n) is 4.45. The summed E-state index contributed by atoms with van der Waals surface area (Å²) < 4.78 is 0.781. The summed E-state index contributed by atoms with van der Waals surface area (Å²) in [7, 11) is 3.67. The number of aromatic nitrogens is 2. The predicted octanol–water partition coefficient (Wildman–Crippen LogP) is 1.59. The van der Waals surface area contributed by atoms with Crippen molar-refractivity contribution in [3.63, 3.8) is 0 Å². The van der Waals surface area contributed by atoms with E-state index in [1.807, 2.05) is 14.1 Å². The summed E-state index contributed by atoms with van der Waals surface area (Å²) in [4.78, 5) is 6.10. The first-order chi connectivity index (χ1) is 7.08. The Kier molecular flexibility index (Phi) is 2.36. The molecule has 0 spiro atoms. The summed E-state index contributed by atoms with van der Waals surface area (Å²) >= 11 is 5.80. The lowest BCUT2D eigenvalue weighted by Gasteiger charge is -2.11. The molecule has 0 radical (unpaired) electrons. The summed E-state index contributed by atoms with van der Waals surface area (Å²) in [6.45, 7) is 0. The van der Waals surface area contributed by atoms with Gasteiger partial charge in [-0.15, -0.1) is 0 Å².